The first-order valence-corrected chi connectivity index (χ1v) is 5.45. The van der Waals surface area contributed by atoms with E-state index in [1.807, 2.05) is 35.9 Å². The summed E-state index contributed by atoms with van der Waals surface area (Å²) in [6.45, 7) is -0.0577. The molecule has 0 aliphatic heterocycles. The topological polar surface area (TPSA) is 75.4 Å². The van der Waals surface area contributed by atoms with Crippen LogP contribution in [0.3, 0.4) is 0 Å². The average Bonchev–Trinajstić information content (AvgIpc) is 2.66. The van der Waals surface area contributed by atoms with E-state index in [2.05, 4.69) is 4.98 Å². The van der Waals surface area contributed by atoms with Crippen molar-refractivity contribution in [3.63, 3.8) is 0 Å². The van der Waals surface area contributed by atoms with Crippen molar-refractivity contribution in [2.75, 3.05) is 6.54 Å². The van der Waals surface area contributed by atoms with Gasteiger partial charge in [-0.05, 0) is 12.1 Å². The van der Waals surface area contributed by atoms with Gasteiger partial charge in [-0.2, -0.15) is 0 Å². The number of aryl methyl sites for hydroxylation is 1. The highest BCUT2D eigenvalue weighted by Gasteiger charge is 2.15. The van der Waals surface area contributed by atoms with Gasteiger partial charge in [0.05, 0.1) is 24.1 Å². The molecule has 0 spiro atoms. The Morgan fingerprint density at radius 3 is 2.83 bits per heavy atom. The van der Waals surface area contributed by atoms with E-state index < -0.39 is 6.09 Å². The fourth-order valence-corrected chi connectivity index (χ4v) is 1.81. The Balaban J connectivity index is 2.33. The molecule has 2 rings (SSSR count). The molecular formula is C12H13N3O3. The van der Waals surface area contributed by atoms with E-state index in [4.69, 9.17) is 5.11 Å². The summed E-state index contributed by atoms with van der Waals surface area (Å²) in [6, 6.07) is 7.55. The van der Waals surface area contributed by atoms with Crippen molar-refractivity contribution in [2.45, 2.75) is 6.54 Å². The van der Waals surface area contributed by atoms with Crippen LogP contribution in [0, 0.1) is 0 Å². The molecule has 1 heterocycles. The lowest BCUT2D eigenvalue weighted by atomic mass is 10.3. The van der Waals surface area contributed by atoms with Crippen LogP contribution < -0.4 is 0 Å². The summed E-state index contributed by atoms with van der Waals surface area (Å²) in [5.41, 5.74) is 1.75. The highest BCUT2D eigenvalue weighted by molar-refractivity contribution is 5.76. The number of hydrogen-bond acceptors (Lipinski definition) is 3. The molecule has 0 aliphatic carbocycles. The Kier molecular flexibility index (Phi) is 3.27. The van der Waals surface area contributed by atoms with E-state index in [1.54, 1.807) is 0 Å². The number of hydrogen-bond donors (Lipinski definition) is 1. The van der Waals surface area contributed by atoms with Crippen molar-refractivity contribution < 1.29 is 14.7 Å². The molecular weight excluding hydrogens is 234 g/mol. The molecule has 0 bridgehead atoms. The number of para-hydroxylation sites is 2. The van der Waals surface area contributed by atoms with Gasteiger partial charge in [0.25, 0.3) is 0 Å². The van der Waals surface area contributed by atoms with E-state index in [1.165, 1.54) is 0 Å². The van der Waals surface area contributed by atoms with Gasteiger partial charge in [0.2, 0.25) is 0 Å². The second-order valence-electron chi connectivity index (χ2n) is 3.91. The van der Waals surface area contributed by atoms with Crippen molar-refractivity contribution in [1.29, 1.82) is 0 Å². The molecule has 2 aromatic rings. The lowest BCUT2D eigenvalue weighted by Crippen LogP contribution is -2.31. The standard InChI is InChI=1S/C12H13N3O3/c1-14-10-5-3-2-4-9(10)13-11(14)8-15(6-7-16)12(17)18/h2-5,7H,6,8H2,1H3,(H,17,18). The zero-order valence-corrected chi connectivity index (χ0v) is 9.91. The average molecular weight is 247 g/mol. The number of nitrogens with zero attached hydrogens (tertiary/aromatic N) is 3. The van der Waals surface area contributed by atoms with Crippen LogP contribution in [0.2, 0.25) is 0 Å². The molecule has 0 unspecified atom stereocenters. The molecule has 94 valence electrons. The maximum atomic E-state index is 11.0. The van der Waals surface area contributed by atoms with Gasteiger partial charge < -0.3 is 14.5 Å². The largest absolute Gasteiger partial charge is 0.465 e. The molecule has 0 fully saturated rings. The molecule has 0 atom stereocenters. The van der Waals surface area contributed by atoms with Crippen molar-refractivity contribution in [1.82, 2.24) is 14.5 Å². The van der Waals surface area contributed by atoms with Crippen molar-refractivity contribution in [3.8, 4) is 0 Å². The van der Waals surface area contributed by atoms with Crippen LogP contribution in [-0.2, 0) is 18.4 Å². The van der Waals surface area contributed by atoms with Crippen LogP contribution in [0.4, 0.5) is 4.79 Å². The van der Waals surface area contributed by atoms with E-state index in [0.29, 0.717) is 12.1 Å². The van der Waals surface area contributed by atoms with Crippen LogP contribution >= 0.6 is 0 Å². The Bertz CT molecular complexity index is 591. The number of fused-ring (bicyclic) bond motifs is 1. The first-order chi connectivity index (χ1) is 8.63. The van der Waals surface area contributed by atoms with Crippen molar-refractivity contribution in [3.05, 3.63) is 30.1 Å². The predicted octanol–water partition coefficient (Wildman–Crippen LogP) is 1.25. The van der Waals surface area contributed by atoms with E-state index in [-0.39, 0.29) is 13.1 Å². The number of carbonyl (C=O) groups excluding carboxylic acids is 1. The van der Waals surface area contributed by atoms with Crippen LogP contribution in [-0.4, -0.2) is 38.5 Å². The van der Waals surface area contributed by atoms with Crippen molar-refractivity contribution in [2.24, 2.45) is 7.05 Å². The zero-order valence-electron chi connectivity index (χ0n) is 9.91. The maximum absolute atomic E-state index is 11.0. The first-order valence-electron chi connectivity index (χ1n) is 5.45. The minimum atomic E-state index is -1.13. The van der Waals surface area contributed by atoms with Gasteiger partial charge in [0.15, 0.2) is 0 Å². The molecule has 1 aromatic heterocycles. The third-order valence-electron chi connectivity index (χ3n) is 2.78. The summed E-state index contributed by atoms with van der Waals surface area (Å²) in [7, 11) is 1.83. The molecule has 1 N–H and O–H groups in total. The lowest BCUT2D eigenvalue weighted by molar-refractivity contribution is -0.108. The summed E-state index contributed by atoms with van der Waals surface area (Å²) in [4.78, 5) is 26.8. The number of carboxylic acid groups (broad SMARTS) is 1. The van der Waals surface area contributed by atoms with Crippen molar-refractivity contribution >= 4 is 23.4 Å². The monoisotopic (exact) mass is 247 g/mol. The SMILES string of the molecule is Cn1c(CN(CC=O)C(=O)O)nc2ccccc21. The highest BCUT2D eigenvalue weighted by Crippen LogP contribution is 2.15. The van der Waals surface area contributed by atoms with Gasteiger partial charge in [-0.1, -0.05) is 12.1 Å². The first kappa shape index (κ1) is 12.1. The van der Waals surface area contributed by atoms with Gasteiger partial charge in [0, 0.05) is 7.05 Å². The van der Waals surface area contributed by atoms with E-state index in [9.17, 15) is 9.59 Å². The summed E-state index contributed by atoms with van der Waals surface area (Å²) >= 11 is 0. The molecule has 0 radical (unpaired) electrons. The molecule has 0 saturated heterocycles. The molecule has 6 heteroatoms. The van der Waals surface area contributed by atoms with Gasteiger partial charge in [-0.3, -0.25) is 4.90 Å². The van der Waals surface area contributed by atoms with Crippen LogP contribution in [0.25, 0.3) is 11.0 Å². The van der Waals surface area contributed by atoms with Gasteiger partial charge in [-0.15, -0.1) is 0 Å². The predicted molar refractivity (Wildman–Crippen MR) is 65.2 cm³/mol. The Morgan fingerprint density at radius 2 is 2.22 bits per heavy atom. The Hall–Kier alpha value is -2.37. The summed E-state index contributed by atoms with van der Waals surface area (Å²) in [5, 5.41) is 8.96. The van der Waals surface area contributed by atoms with Crippen LogP contribution in [0.15, 0.2) is 24.3 Å². The van der Waals surface area contributed by atoms with E-state index in [0.717, 1.165) is 15.9 Å². The quantitative estimate of drug-likeness (QED) is 0.825. The smallest absolute Gasteiger partial charge is 0.408 e. The number of carbonyl (C=O) groups is 2. The molecule has 0 saturated carbocycles. The normalized spacial score (nSPS) is 10.5. The highest BCUT2D eigenvalue weighted by atomic mass is 16.4. The van der Waals surface area contributed by atoms with Gasteiger partial charge >= 0.3 is 6.09 Å². The molecule has 1 amide bonds. The van der Waals surface area contributed by atoms with Gasteiger partial charge in [0.1, 0.15) is 12.1 Å². The third-order valence-corrected chi connectivity index (χ3v) is 2.78. The van der Waals surface area contributed by atoms with Crippen LogP contribution in [0.1, 0.15) is 5.82 Å². The van der Waals surface area contributed by atoms with E-state index >= 15 is 0 Å². The number of aldehydes is 1. The molecule has 6 nitrogen and oxygen atoms in total. The Morgan fingerprint density at radius 1 is 1.50 bits per heavy atom. The zero-order chi connectivity index (χ0) is 13.1. The summed E-state index contributed by atoms with van der Waals surface area (Å²) < 4.78 is 1.83. The number of benzene rings is 1. The van der Waals surface area contributed by atoms with Gasteiger partial charge in [-0.25, -0.2) is 9.78 Å². The third kappa shape index (κ3) is 2.17. The second kappa shape index (κ2) is 4.87. The fraction of sp³-hybridized carbons (Fsp3) is 0.250. The number of rotatable bonds is 4. The minimum Gasteiger partial charge on any atom is -0.465 e. The molecule has 1 aromatic carbocycles. The fourth-order valence-electron chi connectivity index (χ4n) is 1.81. The Labute approximate surface area is 103 Å². The second-order valence-corrected chi connectivity index (χ2v) is 3.91. The lowest BCUT2D eigenvalue weighted by Gasteiger charge is -2.15. The number of amides is 1. The maximum Gasteiger partial charge on any atom is 0.408 e. The minimum absolute atomic E-state index is 0.0965. The summed E-state index contributed by atoms with van der Waals surface area (Å²) in [6.07, 6.45) is -0.564. The van der Waals surface area contributed by atoms with Crippen LogP contribution in [0.5, 0.6) is 0 Å². The molecule has 0 aliphatic rings. The number of aromatic nitrogens is 2. The number of imidazole rings is 1. The molecule has 18 heavy (non-hydrogen) atoms. The summed E-state index contributed by atoms with van der Waals surface area (Å²) in [5.74, 6) is 0.612.